The lowest BCUT2D eigenvalue weighted by molar-refractivity contribution is 0.250. The first kappa shape index (κ1) is 10.7. The first-order valence-corrected chi connectivity index (χ1v) is 6.09. The molecule has 1 aliphatic carbocycles. The molecule has 0 spiro atoms. The van der Waals surface area contributed by atoms with Crippen LogP contribution in [0, 0.1) is 18.8 Å². The topological polar surface area (TPSA) is 12.9 Å². The molecule has 1 aromatic heterocycles. The Hall–Kier alpha value is -0.850. The van der Waals surface area contributed by atoms with Crippen LogP contribution in [0.4, 0.5) is 0 Å². The van der Waals surface area contributed by atoms with Crippen molar-refractivity contribution in [3.8, 4) is 0 Å². The van der Waals surface area contributed by atoms with E-state index in [0.717, 1.165) is 23.4 Å². The Morgan fingerprint density at radius 3 is 2.67 bits per heavy atom. The summed E-state index contributed by atoms with van der Waals surface area (Å²) in [6, 6.07) is 4.45. The van der Waals surface area contributed by atoms with Crippen LogP contribution in [-0.2, 0) is 0 Å². The van der Waals surface area contributed by atoms with Crippen molar-refractivity contribution >= 4 is 0 Å². The minimum absolute atomic E-state index is 0.776. The van der Waals surface area contributed by atoms with Crippen molar-refractivity contribution in [2.75, 3.05) is 0 Å². The molecule has 1 fully saturated rings. The average molecular weight is 203 g/mol. The maximum atomic E-state index is 4.27. The molecule has 1 nitrogen and oxygen atoms in total. The van der Waals surface area contributed by atoms with Gasteiger partial charge in [0, 0.05) is 11.9 Å². The highest BCUT2D eigenvalue weighted by Crippen LogP contribution is 2.38. The van der Waals surface area contributed by atoms with Crippen LogP contribution in [0.1, 0.15) is 50.3 Å². The highest BCUT2D eigenvalue weighted by molar-refractivity contribution is 5.20. The predicted octanol–water partition coefficient (Wildman–Crippen LogP) is 3.93. The number of hydrogen-bond donors (Lipinski definition) is 0. The van der Waals surface area contributed by atoms with Gasteiger partial charge in [-0.2, -0.15) is 0 Å². The standard InChI is InChI=1S/C14H21N/c1-10-4-5-13(8-11(10)2)14-6-7-15-12(3)9-14/h6-7,9-11,13H,4-5,8H2,1-3H3. The quantitative estimate of drug-likeness (QED) is 0.674. The summed E-state index contributed by atoms with van der Waals surface area (Å²) in [7, 11) is 0. The van der Waals surface area contributed by atoms with E-state index in [4.69, 9.17) is 0 Å². The van der Waals surface area contributed by atoms with Crippen LogP contribution in [0.2, 0.25) is 0 Å². The summed E-state index contributed by atoms with van der Waals surface area (Å²) in [5.41, 5.74) is 2.65. The molecule has 15 heavy (non-hydrogen) atoms. The Labute approximate surface area is 92.9 Å². The van der Waals surface area contributed by atoms with Gasteiger partial charge in [0.25, 0.3) is 0 Å². The highest BCUT2D eigenvalue weighted by atomic mass is 14.6. The van der Waals surface area contributed by atoms with Gasteiger partial charge in [-0.05, 0) is 61.6 Å². The van der Waals surface area contributed by atoms with Crippen LogP contribution in [0.15, 0.2) is 18.3 Å². The van der Waals surface area contributed by atoms with Gasteiger partial charge in [-0.15, -0.1) is 0 Å². The van der Waals surface area contributed by atoms with E-state index in [2.05, 4.69) is 37.9 Å². The van der Waals surface area contributed by atoms with Gasteiger partial charge >= 0.3 is 0 Å². The van der Waals surface area contributed by atoms with Crippen LogP contribution >= 0.6 is 0 Å². The van der Waals surface area contributed by atoms with Crippen molar-refractivity contribution in [1.82, 2.24) is 4.98 Å². The molecule has 3 atom stereocenters. The third-order valence-corrected chi connectivity index (χ3v) is 3.99. The monoisotopic (exact) mass is 203 g/mol. The van der Waals surface area contributed by atoms with Crippen molar-refractivity contribution in [2.24, 2.45) is 11.8 Å². The minimum atomic E-state index is 0.776. The van der Waals surface area contributed by atoms with E-state index in [9.17, 15) is 0 Å². The fraction of sp³-hybridized carbons (Fsp3) is 0.643. The number of aryl methyl sites for hydroxylation is 1. The number of aromatic nitrogens is 1. The van der Waals surface area contributed by atoms with Gasteiger partial charge in [-0.3, -0.25) is 4.98 Å². The molecule has 0 radical (unpaired) electrons. The molecule has 82 valence electrons. The Bertz CT molecular complexity index is 332. The van der Waals surface area contributed by atoms with Gasteiger partial charge in [0.15, 0.2) is 0 Å². The summed E-state index contributed by atoms with van der Waals surface area (Å²) in [6.45, 7) is 6.86. The second kappa shape index (κ2) is 4.34. The molecule has 0 saturated heterocycles. The molecule has 2 rings (SSSR count). The van der Waals surface area contributed by atoms with Crippen molar-refractivity contribution in [3.05, 3.63) is 29.6 Å². The number of hydrogen-bond acceptors (Lipinski definition) is 1. The molecular weight excluding hydrogens is 182 g/mol. The van der Waals surface area contributed by atoms with E-state index in [-0.39, 0.29) is 0 Å². The normalized spacial score (nSPS) is 31.5. The smallest absolute Gasteiger partial charge is 0.0375 e. The Balaban J connectivity index is 2.12. The summed E-state index contributed by atoms with van der Waals surface area (Å²) < 4.78 is 0. The predicted molar refractivity (Wildman–Crippen MR) is 63.9 cm³/mol. The molecule has 1 aliphatic rings. The van der Waals surface area contributed by atoms with E-state index < -0.39 is 0 Å². The lowest BCUT2D eigenvalue weighted by atomic mass is 9.73. The van der Waals surface area contributed by atoms with Crippen molar-refractivity contribution in [3.63, 3.8) is 0 Å². The van der Waals surface area contributed by atoms with Gasteiger partial charge < -0.3 is 0 Å². The SMILES string of the molecule is Cc1cc(C2CCC(C)C(C)C2)ccn1. The molecule has 0 N–H and O–H groups in total. The number of pyridine rings is 1. The highest BCUT2D eigenvalue weighted by Gasteiger charge is 2.25. The second-order valence-electron chi connectivity index (χ2n) is 5.20. The second-order valence-corrected chi connectivity index (χ2v) is 5.20. The van der Waals surface area contributed by atoms with Crippen LogP contribution in [0.3, 0.4) is 0 Å². The zero-order chi connectivity index (χ0) is 10.8. The summed E-state index contributed by atoms with van der Waals surface area (Å²) in [5.74, 6) is 2.55. The van der Waals surface area contributed by atoms with E-state index in [1.54, 1.807) is 0 Å². The first-order chi connectivity index (χ1) is 7.16. The van der Waals surface area contributed by atoms with Gasteiger partial charge in [0.1, 0.15) is 0 Å². The van der Waals surface area contributed by atoms with Crippen LogP contribution in [0.25, 0.3) is 0 Å². The van der Waals surface area contributed by atoms with Gasteiger partial charge in [0.05, 0.1) is 0 Å². The lowest BCUT2D eigenvalue weighted by Gasteiger charge is -2.32. The number of rotatable bonds is 1. The zero-order valence-corrected chi connectivity index (χ0v) is 10.0. The van der Waals surface area contributed by atoms with Crippen molar-refractivity contribution in [2.45, 2.75) is 46.0 Å². The van der Waals surface area contributed by atoms with Crippen LogP contribution in [0.5, 0.6) is 0 Å². The van der Waals surface area contributed by atoms with E-state index >= 15 is 0 Å². The van der Waals surface area contributed by atoms with Crippen LogP contribution < -0.4 is 0 Å². The fourth-order valence-electron chi connectivity index (χ4n) is 2.67. The largest absolute Gasteiger partial charge is 0.262 e. The Morgan fingerprint density at radius 1 is 1.20 bits per heavy atom. The molecule has 1 heterocycles. The van der Waals surface area contributed by atoms with Crippen molar-refractivity contribution < 1.29 is 0 Å². The summed E-state index contributed by atoms with van der Waals surface area (Å²) in [6.07, 6.45) is 6.04. The van der Waals surface area contributed by atoms with E-state index in [1.807, 2.05) is 6.20 Å². The molecule has 0 aromatic carbocycles. The molecule has 1 heteroatoms. The average Bonchev–Trinajstić information content (AvgIpc) is 2.22. The molecule has 0 bridgehead atoms. The molecule has 1 saturated carbocycles. The molecule has 1 aromatic rings. The van der Waals surface area contributed by atoms with Gasteiger partial charge in [-0.1, -0.05) is 13.8 Å². The van der Waals surface area contributed by atoms with Gasteiger partial charge in [0.2, 0.25) is 0 Å². The third-order valence-electron chi connectivity index (χ3n) is 3.99. The molecule has 3 unspecified atom stereocenters. The lowest BCUT2D eigenvalue weighted by Crippen LogP contribution is -2.19. The minimum Gasteiger partial charge on any atom is -0.262 e. The van der Waals surface area contributed by atoms with Crippen molar-refractivity contribution in [1.29, 1.82) is 0 Å². The summed E-state index contributed by atoms with van der Waals surface area (Å²) in [5, 5.41) is 0. The fourth-order valence-corrected chi connectivity index (χ4v) is 2.67. The van der Waals surface area contributed by atoms with E-state index in [1.165, 1.54) is 24.8 Å². The van der Waals surface area contributed by atoms with E-state index in [0.29, 0.717) is 0 Å². The maximum Gasteiger partial charge on any atom is 0.0375 e. The number of nitrogens with zero attached hydrogens (tertiary/aromatic N) is 1. The molecular formula is C14H21N. The molecule has 0 amide bonds. The summed E-state index contributed by atoms with van der Waals surface area (Å²) >= 11 is 0. The van der Waals surface area contributed by atoms with Gasteiger partial charge in [-0.25, -0.2) is 0 Å². The van der Waals surface area contributed by atoms with Crippen LogP contribution in [-0.4, -0.2) is 4.98 Å². The Kier molecular flexibility index (Phi) is 3.08. The molecule has 0 aliphatic heterocycles. The maximum absolute atomic E-state index is 4.27. The third kappa shape index (κ3) is 2.39. The Morgan fingerprint density at radius 2 is 2.00 bits per heavy atom. The zero-order valence-electron chi connectivity index (χ0n) is 10.0. The first-order valence-electron chi connectivity index (χ1n) is 6.09. The summed E-state index contributed by atoms with van der Waals surface area (Å²) in [4.78, 5) is 4.27.